The van der Waals surface area contributed by atoms with Crippen molar-refractivity contribution in [3.8, 4) is 0 Å². The van der Waals surface area contributed by atoms with Crippen LogP contribution in [0.3, 0.4) is 0 Å². The molecule has 18 heavy (non-hydrogen) atoms. The molecular weight excluding hydrogens is 268 g/mol. The summed E-state index contributed by atoms with van der Waals surface area (Å²) in [6.07, 6.45) is 1.55. The Labute approximate surface area is 114 Å². The van der Waals surface area contributed by atoms with Crippen LogP contribution in [-0.2, 0) is 0 Å². The second-order valence-corrected chi connectivity index (χ2v) is 5.94. The molecule has 0 bridgehead atoms. The quantitative estimate of drug-likeness (QED) is 0.859. The monoisotopic (exact) mass is 282 g/mol. The van der Waals surface area contributed by atoms with Crippen molar-refractivity contribution >= 4 is 34.0 Å². The van der Waals surface area contributed by atoms with Crippen LogP contribution in [0.1, 0.15) is 5.56 Å². The summed E-state index contributed by atoms with van der Waals surface area (Å²) in [4.78, 5) is 10.4. The molecule has 0 amide bonds. The Morgan fingerprint density at radius 1 is 1.28 bits per heavy atom. The van der Waals surface area contributed by atoms with E-state index in [4.69, 9.17) is 0 Å². The number of anilines is 2. The molecule has 0 atom stereocenters. The minimum Gasteiger partial charge on any atom is -0.373 e. The van der Waals surface area contributed by atoms with Gasteiger partial charge in [-0.1, -0.05) is 11.3 Å². The lowest BCUT2D eigenvalue weighted by molar-refractivity contribution is 0.963. The fourth-order valence-corrected chi connectivity index (χ4v) is 3.02. The third-order valence-electron chi connectivity index (χ3n) is 2.24. The molecule has 6 nitrogen and oxygen atoms in total. The van der Waals surface area contributed by atoms with Crippen molar-refractivity contribution in [1.82, 2.24) is 20.2 Å². The molecule has 96 valence electrons. The van der Waals surface area contributed by atoms with Crippen molar-refractivity contribution in [2.24, 2.45) is 0 Å². The molecule has 2 aromatic rings. The molecule has 2 rings (SSSR count). The van der Waals surface area contributed by atoms with Crippen LogP contribution in [0.5, 0.6) is 0 Å². The third kappa shape index (κ3) is 2.70. The maximum absolute atomic E-state index is 4.27. The van der Waals surface area contributed by atoms with E-state index in [-0.39, 0.29) is 0 Å². The van der Waals surface area contributed by atoms with E-state index in [0.29, 0.717) is 0 Å². The van der Waals surface area contributed by atoms with Crippen LogP contribution < -0.4 is 10.2 Å². The molecule has 0 unspecified atom stereocenters. The number of aromatic nitrogens is 4. The van der Waals surface area contributed by atoms with Crippen LogP contribution in [0.4, 0.5) is 10.9 Å². The topological polar surface area (TPSA) is 66.8 Å². The molecule has 0 aliphatic heterocycles. The van der Waals surface area contributed by atoms with E-state index < -0.39 is 0 Å². The van der Waals surface area contributed by atoms with E-state index in [1.165, 1.54) is 11.8 Å². The highest BCUT2D eigenvalue weighted by molar-refractivity contribution is 8.01. The van der Waals surface area contributed by atoms with Crippen molar-refractivity contribution in [3.05, 3.63) is 11.9 Å². The van der Waals surface area contributed by atoms with Gasteiger partial charge in [0.05, 0.1) is 0 Å². The molecule has 2 aromatic heterocycles. The molecule has 1 N–H and O–H groups in total. The summed E-state index contributed by atoms with van der Waals surface area (Å²) in [5.41, 5.74) is 1.02. The molecular formula is C10H14N6S2. The molecule has 0 aliphatic rings. The Morgan fingerprint density at radius 2 is 2.06 bits per heavy atom. The summed E-state index contributed by atoms with van der Waals surface area (Å²) < 4.78 is 0.877. The first kappa shape index (κ1) is 13.0. The average molecular weight is 282 g/mol. The lowest BCUT2D eigenvalue weighted by Gasteiger charge is -2.06. The molecule has 0 aliphatic carbocycles. The lowest BCUT2D eigenvalue weighted by Crippen LogP contribution is -2.07. The van der Waals surface area contributed by atoms with Crippen LogP contribution in [0.15, 0.2) is 15.7 Å². The van der Waals surface area contributed by atoms with Gasteiger partial charge in [0.1, 0.15) is 17.2 Å². The predicted octanol–water partition coefficient (Wildman–Crippen LogP) is 1.90. The van der Waals surface area contributed by atoms with E-state index in [2.05, 4.69) is 25.5 Å². The summed E-state index contributed by atoms with van der Waals surface area (Å²) in [6, 6.07) is 0. The molecule has 0 fully saturated rings. The second kappa shape index (κ2) is 5.49. The maximum Gasteiger partial charge on any atom is 0.208 e. The first-order valence-corrected chi connectivity index (χ1v) is 6.93. The number of hydrogen-bond acceptors (Lipinski definition) is 8. The van der Waals surface area contributed by atoms with Gasteiger partial charge in [0.25, 0.3) is 0 Å². The smallest absolute Gasteiger partial charge is 0.208 e. The van der Waals surface area contributed by atoms with Gasteiger partial charge < -0.3 is 10.2 Å². The van der Waals surface area contributed by atoms with E-state index >= 15 is 0 Å². The molecule has 0 spiro atoms. The molecule has 0 saturated carbocycles. The molecule has 0 aromatic carbocycles. The summed E-state index contributed by atoms with van der Waals surface area (Å²) in [6.45, 7) is 1.99. The number of hydrogen-bond donors (Lipinski definition) is 1. The average Bonchev–Trinajstić information content (AvgIpc) is 2.80. The highest BCUT2D eigenvalue weighted by Gasteiger charge is 2.12. The summed E-state index contributed by atoms with van der Waals surface area (Å²) in [5.74, 6) is 0.838. The van der Waals surface area contributed by atoms with Gasteiger partial charge in [-0.3, -0.25) is 0 Å². The Balaban J connectivity index is 2.23. The van der Waals surface area contributed by atoms with Crippen molar-refractivity contribution in [3.63, 3.8) is 0 Å². The van der Waals surface area contributed by atoms with E-state index in [1.807, 2.05) is 33.0 Å². The van der Waals surface area contributed by atoms with Gasteiger partial charge in [0.15, 0.2) is 4.34 Å². The normalized spacial score (nSPS) is 10.4. The highest BCUT2D eigenvalue weighted by atomic mass is 32.2. The van der Waals surface area contributed by atoms with Gasteiger partial charge in [-0.25, -0.2) is 9.97 Å². The lowest BCUT2D eigenvalue weighted by atomic mass is 10.3. The minimum atomic E-state index is 0.838. The van der Waals surface area contributed by atoms with Gasteiger partial charge in [-0.15, -0.1) is 10.2 Å². The number of rotatable bonds is 4. The number of nitrogens with zero attached hydrogens (tertiary/aromatic N) is 5. The van der Waals surface area contributed by atoms with Crippen LogP contribution in [0.25, 0.3) is 0 Å². The van der Waals surface area contributed by atoms with Crippen LogP contribution in [0.2, 0.25) is 0 Å². The third-order valence-corrected chi connectivity index (χ3v) is 4.48. The SMILES string of the molecule is CNc1ncnc(Sc2nnc(N(C)C)s2)c1C. The van der Waals surface area contributed by atoms with Crippen LogP contribution in [0, 0.1) is 6.92 Å². The Bertz CT molecular complexity index is 539. The fourth-order valence-electron chi connectivity index (χ4n) is 1.30. The molecule has 2 heterocycles. The molecule has 0 radical (unpaired) electrons. The number of nitrogens with one attached hydrogen (secondary N) is 1. The first-order valence-electron chi connectivity index (χ1n) is 5.30. The Kier molecular flexibility index (Phi) is 3.97. The van der Waals surface area contributed by atoms with Gasteiger partial charge >= 0.3 is 0 Å². The van der Waals surface area contributed by atoms with Crippen molar-refractivity contribution in [1.29, 1.82) is 0 Å². The Hall–Kier alpha value is -1.41. The zero-order chi connectivity index (χ0) is 13.1. The highest BCUT2D eigenvalue weighted by Crippen LogP contribution is 2.34. The van der Waals surface area contributed by atoms with E-state index in [9.17, 15) is 0 Å². The van der Waals surface area contributed by atoms with Gasteiger partial charge in [0, 0.05) is 26.7 Å². The predicted molar refractivity (Wildman–Crippen MR) is 74.7 cm³/mol. The van der Waals surface area contributed by atoms with Crippen LogP contribution in [-0.4, -0.2) is 41.3 Å². The summed E-state index contributed by atoms with van der Waals surface area (Å²) in [5, 5.41) is 13.1. The van der Waals surface area contributed by atoms with Gasteiger partial charge in [0.2, 0.25) is 5.13 Å². The fraction of sp³-hybridized carbons (Fsp3) is 0.400. The zero-order valence-electron chi connectivity index (χ0n) is 10.6. The van der Waals surface area contributed by atoms with E-state index in [0.717, 1.165) is 25.9 Å². The van der Waals surface area contributed by atoms with Crippen molar-refractivity contribution in [2.45, 2.75) is 16.3 Å². The maximum atomic E-state index is 4.27. The van der Waals surface area contributed by atoms with Gasteiger partial charge in [-0.2, -0.15) is 0 Å². The minimum absolute atomic E-state index is 0.838. The summed E-state index contributed by atoms with van der Waals surface area (Å²) in [7, 11) is 5.74. The Morgan fingerprint density at radius 3 is 2.67 bits per heavy atom. The summed E-state index contributed by atoms with van der Waals surface area (Å²) >= 11 is 3.05. The largest absolute Gasteiger partial charge is 0.373 e. The molecule has 8 heteroatoms. The standard InChI is InChI=1S/C10H14N6S2/c1-6-7(11-2)12-5-13-8(6)17-10-15-14-9(18-10)16(3)4/h5H,1-4H3,(H,11,12,13). The zero-order valence-corrected chi connectivity index (χ0v) is 12.3. The molecule has 0 saturated heterocycles. The second-order valence-electron chi connectivity index (χ2n) is 3.75. The van der Waals surface area contributed by atoms with Crippen molar-refractivity contribution < 1.29 is 0 Å². The van der Waals surface area contributed by atoms with Gasteiger partial charge in [-0.05, 0) is 18.7 Å². The van der Waals surface area contributed by atoms with Crippen molar-refractivity contribution in [2.75, 3.05) is 31.4 Å². The van der Waals surface area contributed by atoms with Crippen LogP contribution >= 0.6 is 23.1 Å². The first-order chi connectivity index (χ1) is 8.61. The van der Waals surface area contributed by atoms with E-state index in [1.54, 1.807) is 17.7 Å².